The molecule has 1 N–H and O–H groups in total. The summed E-state index contributed by atoms with van der Waals surface area (Å²) in [6.45, 7) is 10.3. The number of aliphatic hydroxyl groups excluding tert-OH is 1. The predicted molar refractivity (Wildman–Crippen MR) is 55.8 cm³/mol. The molecule has 1 atom stereocenters. The smallest absolute Gasteiger partial charge is 0.0628 e. The average Bonchev–Trinajstić information content (AvgIpc) is 2.01. The zero-order chi connectivity index (χ0) is 10.7. The fourth-order valence-corrected chi connectivity index (χ4v) is 1.84. The summed E-state index contributed by atoms with van der Waals surface area (Å²) in [7, 11) is 1.72. The van der Waals surface area contributed by atoms with Gasteiger partial charge in [-0.1, -0.05) is 20.8 Å². The predicted octanol–water partition coefficient (Wildman–Crippen LogP) is 2.60. The van der Waals surface area contributed by atoms with Crippen LogP contribution < -0.4 is 0 Å². The highest BCUT2D eigenvalue weighted by molar-refractivity contribution is 4.84. The second-order valence-electron chi connectivity index (χ2n) is 5.05. The molecule has 0 rings (SSSR count). The van der Waals surface area contributed by atoms with Crippen molar-refractivity contribution in [3.05, 3.63) is 0 Å². The molecular formula is C11H24O2. The number of ether oxygens (including phenoxy) is 1. The second kappa shape index (κ2) is 4.43. The molecule has 0 spiro atoms. The van der Waals surface area contributed by atoms with Crippen molar-refractivity contribution in [3.63, 3.8) is 0 Å². The lowest BCUT2D eigenvalue weighted by atomic mass is 9.76. The Labute approximate surface area is 82.3 Å². The summed E-state index contributed by atoms with van der Waals surface area (Å²) in [6.07, 6.45) is 1.42. The van der Waals surface area contributed by atoms with E-state index >= 15 is 0 Å². The maximum absolute atomic E-state index is 9.79. The van der Waals surface area contributed by atoms with E-state index < -0.39 is 0 Å². The summed E-state index contributed by atoms with van der Waals surface area (Å²) in [5.74, 6) is 0. The zero-order valence-corrected chi connectivity index (χ0v) is 9.85. The fraction of sp³-hybridized carbons (Fsp3) is 1.00. The van der Waals surface area contributed by atoms with Gasteiger partial charge >= 0.3 is 0 Å². The third kappa shape index (κ3) is 4.10. The Hall–Kier alpha value is -0.0800. The van der Waals surface area contributed by atoms with Crippen molar-refractivity contribution in [1.82, 2.24) is 0 Å². The van der Waals surface area contributed by atoms with Gasteiger partial charge in [-0.25, -0.2) is 0 Å². The molecule has 0 aliphatic heterocycles. The van der Waals surface area contributed by atoms with E-state index in [0.29, 0.717) is 0 Å². The van der Waals surface area contributed by atoms with Gasteiger partial charge in [-0.3, -0.25) is 0 Å². The van der Waals surface area contributed by atoms with Crippen LogP contribution in [0.25, 0.3) is 0 Å². The van der Waals surface area contributed by atoms with Crippen LogP contribution in [0.2, 0.25) is 0 Å². The van der Waals surface area contributed by atoms with Gasteiger partial charge in [0.1, 0.15) is 0 Å². The molecule has 2 heteroatoms. The van der Waals surface area contributed by atoms with Gasteiger partial charge in [0.2, 0.25) is 0 Å². The molecule has 0 saturated heterocycles. The lowest BCUT2D eigenvalue weighted by molar-refractivity contribution is -0.0514. The van der Waals surface area contributed by atoms with Gasteiger partial charge in [-0.2, -0.15) is 0 Å². The van der Waals surface area contributed by atoms with E-state index in [1.807, 2.05) is 6.92 Å². The quantitative estimate of drug-likeness (QED) is 0.718. The second-order valence-corrected chi connectivity index (χ2v) is 5.05. The minimum atomic E-state index is -0.248. The normalized spacial score (nSPS) is 15.9. The van der Waals surface area contributed by atoms with Crippen molar-refractivity contribution in [3.8, 4) is 0 Å². The minimum Gasteiger partial charge on any atom is -0.393 e. The standard InChI is InChI=1S/C11H24O2/c1-7-9(12)10(2,3)8-11(4,5)13-6/h9,12H,7-8H2,1-6H3. The van der Waals surface area contributed by atoms with Crippen molar-refractivity contribution in [2.75, 3.05) is 7.11 Å². The summed E-state index contributed by atoms with van der Waals surface area (Å²) < 4.78 is 5.36. The number of rotatable bonds is 5. The summed E-state index contributed by atoms with van der Waals surface area (Å²) >= 11 is 0. The van der Waals surface area contributed by atoms with E-state index in [2.05, 4.69) is 27.7 Å². The molecule has 0 heterocycles. The van der Waals surface area contributed by atoms with E-state index in [9.17, 15) is 5.11 Å². The largest absolute Gasteiger partial charge is 0.393 e. The summed E-state index contributed by atoms with van der Waals surface area (Å²) in [5.41, 5.74) is -0.228. The van der Waals surface area contributed by atoms with Gasteiger partial charge in [0.15, 0.2) is 0 Å². The molecule has 0 aliphatic rings. The van der Waals surface area contributed by atoms with Crippen LogP contribution in [0.4, 0.5) is 0 Å². The zero-order valence-electron chi connectivity index (χ0n) is 9.85. The van der Waals surface area contributed by atoms with Crippen molar-refractivity contribution in [1.29, 1.82) is 0 Å². The van der Waals surface area contributed by atoms with Crippen LogP contribution >= 0.6 is 0 Å². The first-order valence-corrected chi connectivity index (χ1v) is 4.98. The molecule has 0 saturated carbocycles. The molecule has 0 aromatic heterocycles. The lowest BCUT2D eigenvalue weighted by Gasteiger charge is -2.37. The van der Waals surface area contributed by atoms with Crippen LogP contribution in [0.5, 0.6) is 0 Å². The molecule has 0 aliphatic carbocycles. The van der Waals surface area contributed by atoms with Crippen molar-refractivity contribution in [2.45, 2.75) is 59.2 Å². The third-order valence-electron chi connectivity index (χ3n) is 2.72. The highest BCUT2D eigenvalue weighted by Crippen LogP contribution is 2.33. The van der Waals surface area contributed by atoms with Crippen LogP contribution in [-0.2, 0) is 4.74 Å². The minimum absolute atomic E-state index is 0.0751. The Bertz CT molecular complexity index is 150. The van der Waals surface area contributed by atoms with E-state index in [1.54, 1.807) is 7.11 Å². The van der Waals surface area contributed by atoms with Crippen LogP contribution in [-0.4, -0.2) is 23.9 Å². The van der Waals surface area contributed by atoms with Gasteiger partial charge in [-0.15, -0.1) is 0 Å². The van der Waals surface area contributed by atoms with Crippen LogP contribution in [0.3, 0.4) is 0 Å². The molecule has 2 nitrogen and oxygen atoms in total. The topological polar surface area (TPSA) is 29.5 Å². The van der Waals surface area contributed by atoms with Crippen LogP contribution in [0.15, 0.2) is 0 Å². The van der Waals surface area contributed by atoms with Gasteiger partial charge in [0.05, 0.1) is 11.7 Å². The molecule has 0 aromatic rings. The molecular weight excluding hydrogens is 164 g/mol. The third-order valence-corrected chi connectivity index (χ3v) is 2.72. The Balaban J connectivity index is 4.32. The van der Waals surface area contributed by atoms with Gasteiger partial charge in [-0.05, 0) is 32.1 Å². The molecule has 1 unspecified atom stereocenters. The number of hydrogen-bond donors (Lipinski definition) is 1. The lowest BCUT2D eigenvalue weighted by Crippen LogP contribution is -2.37. The maximum Gasteiger partial charge on any atom is 0.0628 e. The Morgan fingerprint density at radius 3 is 2.00 bits per heavy atom. The molecule has 80 valence electrons. The van der Waals surface area contributed by atoms with E-state index in [4.69, 9.17) is 4.74 Å². The van der Waals surface area contributed by atoms with Crippen molar-refractivity contribution >= 4 is 0 Å². The summed E-state index contributed by atoms with van der Waals surface area (Å²) in [5, 5.41) is 9.79. The molecule has 0 bridgehead atoms. The van der Waals surface area contributed by atoms with Crippen LogP contribution in [0.1, 0.15) is 47.5 Å². The van der Waals surface area contributed by atoms with Crippen molar-refractivity contribution in [2.24, 2.45) is 5.41 Å². The Morgan fingerprint density at radius 2 is 1.69 bits per heavy atom. The highest BCUT2D eigenvalue weighted by atomic mass is 16.5. The fourth-order valence-electron chi connectivity index (χ4n) is 1.84. The highest BCUT2D eigenvalue weighted by Gasteiger charge is 2.33. The maximum atomic E-state index is 9.79. The monoisotopic (exact) mass is 188 g/mol. The number of aliphatic hydroxyl groups is 1. The Kier molecular flexibility index (Phi) is 4.40. The molecule has 13 heavy (non-hydrogen) atoms. The first-order valence-electron chi connectivity index (χ1n) is 4.98. The van der Waals surface area contributed by atoms with Gasteiger partial charge < -0.3 is 9.84 Å². The average molecular weight is 188 g/mol. The first-order chi connectivity index (χ1) is 5.75. The van der Waals surface area contributed by atoms with Crippen molar-refractivity contribution < 1.29 is 9.84 Å². The summed E-state index contributed by atoms with van der Waals surface area (Å²) in [4.78, 5) is 0. The molecule has 0 aromatic carbocycles. The molecule has 0 fully saturated rings. The summed E-state index contributed by atoms with van der Waals surface area (Å²) in [6, 6.07) is 0. The van der Waals surface area contributed by atoms with Gasteiger partial charge in [0, 0.05) is 7.11 Å². The molecule has 0 amide bonds. The molecule has 0 radical (unpaired) electrons. The van der Waals surface area contributed by atoms with Crippen LogP contribution in [0, 0.1) is 5.41 Å². The van der Waals surface area contributed by atoms with E-state index in [1.165, 1.54) is 0 Å². The number of hydrogen-bond acceptors (Lipinski definition) is 2. The van der Waals surface area contributed by atoms with E-state index in [0.717, 1.165) is 12.8 Å². The first kappa shape index (κ1) is 12.9. The SMILES string of the molecule is CCC(O)C(C)(C)CC(C)(C)OC. The number of methoxy groups -OCH3 is 1. The van der Waals surface area contributed by atoms with E-state index in [-0.39, 0.29) is 17.1 Å². The van der Waals surface area contributed by atoms with Gasteiger partial charge in [0.25, 0.3) is 0 Å². The Morgan fingerprint density at radius 1 is 1.23 bits per heavy atom.